The van der Waals surface area contributed by atoms with Crippen molar-refractivity contribution in [1.29, 1.82) is 0 Å². The second kappa shape index (κ2) is 4.82. The summed E-state index contributed by atoms with van der Waals surface area (Å²) >= 11 is 5.34. The highest BCUT2D eigenvalue weighted by atomic mass is 79.9. The van der Waals surface area contributed by atoms with E-state index in [1.165, 1.54) is 5.56 Å². The molecule has 0 bridgehead atoms. The molecule has 0 radical (unpaired) electrons. The molecule has 1 aliphatic rings. The van der Waals surface area contributed by atoms with Crippen molar-refractivity contribution in [1.82, 2.24) is 14.8 Å². The average Bonchev–Trinajstić information content (AvgIpc) is 2.92. The van der Waals surface area contributed by atoms with Crippen molar-refractivity contribution in [3.8, 4) is 0 Å². The van der Waals surface area contributed by atoms with Crippen molar-refractivity contribution < 1.29 is 0 Å². The summed E-state index contributed by atoms with van der Waals surface area (Å²) in [5.41, 5.74) is 1.29. The molecule has 3 rings (SSSR count). The minimum absolute atomic E-state index is 0.593. The fourth-order valence-corrected chi connectivity index (χ4v) is 3.55. The van der Waals surface area contributed by atoms with Crippen LogP contribution in [0.3, 0.4) is 0 Å². The van der Waals surface area contributed by atoms with Crippen LogP contribution in [0, 0.1) is 0 Å². The summed E-state index contributed by atoms with van der Waals surface area (Å²) < 4.78 is 2.24. The van der Waals surface area contributed by atoms with E-state index in [1.807, 2.05) is 17.8 Å². The van der Waals surface area contributed by atoms with Gasteiger partial charge in [0.2, 0.25) is 0 Å². The van der Waals surface area contributed by atoms with Gasteiger partial charge in [0.05, 0.1) is 0 Å². The van der Waals surface area contributed by atoms with Gasteiger partial charge in [0.1, 0.15) is 5.82 Å². The van der Waals surface area contributed by atoms with Crippen LogP contribution in [0.25, 0.3) is 0 Å². The molecular weight excluding hydrogens is 298 g/mol. The molecule has 0 saturated heterocycles. The quantitative estimate of drug-likeness (QED) is 0.817. The number of rotatable bonds is 3. The molecule has 0 fully saturated rings. The zero-order valence-corrected chi connectivity index (χ0v) is 11.6. The molecule has 88 valence electrons. The van der Waals surface area contributed by atoms with Gasteiger partial charge in [-0.1, -0.05) is 58.0 Å². The minimum Gasteiger partial charge on any atom is -0.305 e. The molecule has 5 heteroatoms. The fourth-order valence-electron chi connectivity index (χ4n) is 1.97. The number of nitrogens with zero attached hydrogens (tertiary/aromatic N) is 3. The maximum absolute atomic E-state index is 4.28. The molecule has 1 atom stereocenters. The lowest BCUT2D eigenvalue weighted by molar-refractivity contribution is 0.643. The van der Waals surface area contributed by atoms with E-state index in [1.54, 1.807) is 0 Å². The summed E-state index contributed by atoms with van der Waals surface area (Å²) in [5.74, 6) is 1.07. The maximum atomic E-state index is 4.28. The minimum atomic E-state index is 0.593. The highest BCUT2D eigenvalue weighted by Gasteiger charge is 2.25. The van der Waals surface area contributed by atoms with E-state index >= 15 is 0 Å². The zero-order valence-electron chi connectivity index (χ0n) is 9.21. The van der Waals surface area contributed by atoms with E-state index in [4.69, 9.17) is 0 Å². The van der Waals surface area contributed by atoms with Gasteiger partial charge in [-0.15, -0.1) is 10.2 Å². The number of benzene rings is 1. The Labute approximate surface area is 113 Å². The molecule has 2 heterocycles. The Morgan fingerprint density at radius 3 is 2.88 bits per heavy atom. The van der Waals surface area contributed by atoms with E-state index in [0.29, 0.717) is 5.25 Å². The van der Waals surface area contributed by atoms with E-state index in [-0.39, 0.29) is 0 Å². The maximum Gasteiger partial charge on any atom is 0.191 e. The number of fused-ring (bicyclic) bond motifs is 1. The van der Waals surface area contributed by atoms with Crippen LogP contribution in [-0.2, 0) is 13.0 Å². The molecule has 1 aliphatic heterocycles. The molecule has 0 N–H and O–H groups in total. The standard InChI is InChI=1S/C12H12BrN3S/c13-7-10-8-16-11(14-15-12(16)17-10)6-9-4-2-1-3-5-9/h1-5,10H,6-8H2. The van der Waals surface area contributed by atoms with Crippen molar-refractivity contribution in [2.75, 3.05) is 5.33 Å². The van der Waals surface area contributed by atoms with Gasteiger partial charge in [-0.3, -0.25) is 0 Å². The number of halogens is 1. The predicted molar refractivity (Wildman–Crippen MR) is 72.7 cm³/mol. The van der Waals surface area contributed by atoms with Gasteiger partial charge in [0.15, 0.2) is 5.16 Å². The van der Waals surface area contributed by atoms with E-state index in [9.17, 15) is 0 Å². The van der Waals surface area contributed by atoms with Crippen LogP contribution in [-0.4, -0.2) is 25.3 Å². The molecule has 1 unspecified atom stereocenters. The van der Waals surface area contributed by atoms with Gasteiger partial charge in [-0.25, -0.2) is 0 Å². The monoisotopic (exact) mass is 309 g/mol. The third-order valence-electron chi connectivity index (χ3n) is 2.83. The molecule has 0 spiro atoms. The molecule has 17 heavy (non-hydrogen) atoms. The van der Waals surface area contributed by atoms with Crippen molar-refractivity contribution in [3.63, 3.8) is 0 Å². The Bertz CT molecular complexity index is 512. The van der Waals surface area contributed by atoms with Crippen LogP contribution in [0.4, 0.5) is 0 Å². The third-order valence-corrected chi connectivity index (χ3v) is 5.20. The summed E-state index contributed by atoms with van der Waals surface area (Å²) in [5, 5.41) is 11.2. The first-order chi connectivity index (χ1) is 8.36. The predicted octanol–water partition coefficient (Wildman–Crippen LogP) is 2.74. The second-order valence-electron chi connectivity index (χ2n) is 4.07. The Morgan fingerprint density at radius 2 is 2.12 bits per heavy atom. The Hall–Kier alpha value is -0.810. The van der Waals surface area contributed by atoms with Crippen molar-refractivity contribution >= 4 is 27.7 Å². The number of alkyl halides is 1. The smallest absolute Gasteiger partial charge is 0.191 e. The lowest BCUT2D eigenvalue weighted by Gasteiger charge is -2.04. The van der Waals surface area contributed by atoms with Crippen LogP contribution in [0.5, 0.6) is 0 Å². The van der Waals surface area contributed by atoms with Crippen LogP contribution in [0.15, 0.2) is 35.5 Å². The SMILES string of the molecule is BrCC1Cn2c(Cc3ccccc3)nnc2S1. The van der Waals surface area contributed by atoms with Gasteiger partial charge in [0, 0.05) is 23.5 Å². The zero-order chi connectivity index (χ0) is 11.7. The molecule has 2 aromatic rings. The van der Waals surface area contributed by atoms with Crippen LogP contribution in [0.1, 0.15) is 11.4 Å². The summed E-state index contributed by atoms with van der Waals surface area (Å²) in [6.45, 7) is 1.01. The second-order valence-corrected chi connectivity index (χ2v) is 5.98. The Balaban J connectivity index is 1.82. The van der Waals surface area contributed by atoms with Crippen LogP contribution < -0.4 is 0 Å². The average molecular weight is 310 g/mol. The summed E-state index contributed by atoms with van der Waals surface area (Å²) in [6.07, 6.45) is 0.864. The van der Waals surface area contributed by atoms with Gasteiger partial charge in [-0.2, -0.15) is 0 Å². The largest absolute Gasteiger partial charge is 0.305 e. The molecule has 1 aromatic heterocycles. The first-order valence-corrected chi connectivity index (χ1v) is 7.55. The molecule has 0 saturated carbocycles. The molecule has 0 amide bonds. The van der Waals surface area contributed by atoms with Gasteiger partial charge >= 0.3 is 0 Å². The summed E-state index contributed by atoms with van der Waals surface area (Å²) in [6, 6.07) is 10.4. The number of hydrogen-bond acceptors (Lipinski definition) is 3. The van der Waals surface area contributed by atoms with Crippen molar-refractivity contribution in [2.24, 2.45) is 0 Å². The van der Waals surface area contributed by atoms with Crippen LogP contribution in [0.2, 0.25) is 0 Å². The first kappa shape index (κ1) is 11.3. The lowest BCUT2D eigenvalue weighted by Crippen LogP contribution is -2.10. The fraction of sp³-hybridized carbons (Fsp3) is 0.333. The number of aromatic nitrogens is 3. The van der Waals surface area contributed by atoms with Crippen molar-refractivity contribution in [2.45, 2.75) is 23.4 Å². The lowest BCUT2D eigenvalue weighted by atomic mass is 10.1. The van der Waals surface area contributed by atoms with E-state index in [0.717, 1.165) is 29.3 Å². The molecular formula is C12H12BrN3S. The first-order valence-electron chi connectivity index (χ1n) is 5.55. The highest BCUT2D eigenvalue weighted by molar-refractivity contribution is 9.09. The van der Waals surface area contributed by atoms with Gasteiger partial charge in [0.25, 0.3) is 0 Å². The Morgan fingerprint density at radius 1 is 1.29 bits per heavy atom. The highest BCUT2D eigenvalue weighted by Crippen LogP contribution is 2.32. The molecule has 3 nitrogen and oxygen atoms in total. The van der Waals surface area contributed by atoms with E-state index in [2.05, 4.69) is 55.0 Å². The molecule has 0 aliphatic carbocycles. The third kappa shape index (κ3) is 2.26. The van der Waals surface area contributed by atoms with Gasteiger partial charge < -0.3 is 4.57 Å². The summed E-state index contributed by atoms with van der Waals surface area (Å²) in [4.78, 5) is 0. The van der Waals surface area contributed by atoms with Crippen molar-refractivity contribution in [3.05, 3.63) is 41.7 Å². The topological polar surface area (TPSA) is 30.7 Å². The summed E-state index contributed by atoms with van der Waals surface area (Å²) in [7, 11) is 0. The number of hydrogen-bond donors (Lipinski definition) is 0. The normalized spacial score (nSPS) is 18.3. The van der Waals surface area contributed by atoms with E-state index < -0.39 is 0 Å². The Kier molecular flexibility index (Phi) is 3.20. The number of thioether (sulfide) groups is 1. The van der Waals surface area contributed by atoms with Gasteiger partial charge in [-0.05, 0) is 5.56 Å². The van der Waals surface area contributed by atoms with Crippen LogP contribution >= 0.6 is 27.7 Å². The molecule has 1 aromatic carbocycles.